The maximum Gasteiger partial charge on any atom is 0.229 e. The Morgan fingerprint density at radius 1 is 1.23 bits per heavy atom. The molecular weight excluding hydrogens is 419 g/mol. The summed E-state index contributed by atoms with van der Waals surface area (Å²) in [6.45, 7) is 1.99. The van der Waals surface area contributed by atoms with Crippen LogP contribution >= 0.6 is 11.6 Å². The normalized spacial score (nSPS) is 16.0. The molecule has 3 aromatic rings. The van der Waals surface area contributed by atoms with Gasteiger partial charge in [-0.25, -0.2) is 14.4 Å². The quantitative estimate of drug-likeness (QED) is 0.538. The van der Waals surface area contributed by atoms with Gasteiger partial charge in [-0.2, -0.15) is 0 Å². The molecule has 0 spiro atoms. The summed E-state index contributed by atoms with van der Waals surface area (Å²) in [5.41, 5.74) is 1.99. The number of nitrogens with one attached hydrogen (secondary N) is 3. The minimum absolute atomic E-state index is 0.0555. The second kappa shape index (κ2) is 9.80. The molecule has 3 aromatic heterocycles. The van der Waals surface area contributed by atoms with Gasteiger partial charge in [-0.15, -0.1) is 0 Å². The highest BCUT2D eigenvalue weighted by molar-refractivity contribution is 6.33. The second-order valence-corrected chi connectivity index (χ2v) is 7.76. The molecule has 1 aliphatic rings. The number of hydrogen-bond donors (Lipinski definition) is 3. The Balaban J connectivity index is 1.48. The summed E-state index contributed by atoms with van der Waals surface area (Å²) in [5.74, 6) is 0.523. The summed E-state index contributed by atoms with van der Waals surface area (Å²) in [5, 5.41) is 9.70. The topological polar surface area (TPSA) is 91.8 Å². The van der Waals surface area contributed by atoms with Crippen LogP contribution in [0.5, 0.6) is 0 Å². The number of carbonyl (C=O) groups is 1. The molecule has 0 aromatic carbocycles. The van der Waals surface area contributed by atoms with E-state index in [2.05, 4.69) is 30.9 Å². The van der Waals surface area contributed by atoms with Gasteiger partial charge in [-0.05, 0) is 49.2 Å². The highest BCUT2D eigenvalue weighted by Crippen LogP contribution is 2.29. The smallest absolute Gasteiger partial charge is 0.229 e. The summed E-state index contributed by atoms with van der Waals surface area (Å²) in [6.07, 6.45) is 6.10. The van der Waals surface area contributed by atoms with Crippen LogP contribution in [0.3, 0.4) is 0 Å². The molecule has 1 amide bonds. The summed E-state index contributed by atoms with van der Waals surface area (Å²) >= 11 is 6.36. The first-order valence-corrected chi connectivity index (χ1v) is 10.4. The van der Waals surface area contributed by atoms with Gasteiger partial charge in [0.15, 0.2) is 0 Å². The number of aromatic nitrogens is 3. The van der Waals surface area contributed by atoms with Gasteiger partial charge in [-0.3, -0.25) is 9.78 Å². The van der Waals surface area contributed by atoms with Crippen LogP contribution in [-0.2, 0) is 11.3 Å². The van der Waals surface area contributed by atoms with E-state index in [1.54, 1.807) is 12.3 Å². The monoisotopic (exact) mass is 440 g/mol. The van der Waals surface area contributed by atoms with E-state index >= 15 is 0 Å². The molecule has 1 atom stereocenters. The average Bonchev–Trinajstić information content (AvgIpc) is 2.80. The van der Waals surface area contributed by atoms with Gasteiger partial charge in [0, 0.05) is 31.0 Å². The molecular formula is C22H22ClFN6O. The van der Waals surface area contributed by atoms with Crippen molar-refractivity contribution in [3.05, 3.63) is 65.3 Å². The van der Waals surface area contributed by atoms with E-state index in [0.29, 0.717) is 46.6 Å². The zero-order valence-corrected chi connectivity index (χ0v) is 17.5. The molecule has 7 nitrogen and oxygen atoms in total. The van der Waals surface area contributed by atoms with Crippen LogP contribution < -0.4 is 16.0 Å². The van der Waals surface area contributed by atoms with Crippen molar-refractivity contribution in [2.24, 2.45) is 5.92 Å². The fraction of sp³-hybridized carbons (Fsp3) is 0.273. The van der Waals surface area contributed by atoms with E-state index in [4.69, 9.17) is 11.6 Å². The first-order chi connectivity index (χ1) is 15.1. The van der Waals surface area contributed by atoms with Crippen LogP contribution in [-0.4, -0.2) is 33.9 Å². The van der Waals surface area contributed by atoms with Crippen molar-refractivity contribution in [1.82, 2.24) is 20.3 Å². The largest absolute Gasteiger partial charge is 0.366 e. The molecule has 0 aliphatic carbocycles. The molecule has 9 heteroatoms. The lowest BCUT2D eigenvalue weighted by Crippen LogP contribution is -2.37. The lowest BCUT2D eigenvalue weighted by Gasteiger charge is -2.21. The highest BCUT2D eigenvalue weighted by Gasteiger charge is 2.21. The van der Waals surface area contributed by atoms with E-state index in [1.165, 1.54) is 12.3 Å². The molecule has 0 bridgehead atoms. The molecule has 4 rings (SSSR count). The average molecular weight is 441 g/mol. The van der Waals surface area contributed by atoms with Crippen LogP contribution in [0.15, 0.2) is 48.9 Å². The number of anilines is 2. The molecule has 160 valence electrons. The van der Waals surface area contributed by atoms with Gasteiger partial charge in [0.2, 0.25) is 5.91 Å². The van der Waals surface area contributed by atoms with Crippen LogP contribution in [0.1, 0.15) is 18.4 Å². The minimum atomic E-state index is -0.386. The second-order valence-electron chi connectivity index (χ2n) is 7.35. The number of amides is 1. The standard InChI is InChI=1S/C22H22ClFN6O/c23-18-13-28-21(30-22(31)15-3-2-6-25-11-15)8-17(18)19-4-1-5-20(29-19)27-10-14-7-16(24)12-26-9-14/h1,4-5,7-9,12-13,15,25H,2-3,6,10-11H2,(H,27,29)(H,28,30,31)/t15-/m1/s1. The molecule has 1 saturated heterocycles. The number of hydrogen-bond acceptors (Lipinski definition) is 6. The maximum atomic E-state index is 13.3. The van der Waals surface area contributed by atoms with Crippen molar-refractivity contribution in [2.45, 2.75) is 19.4 Å². The fourth-order valence-electron chi connectivity index (χ4n) is 3.44. The Bertz CT molecular complexity index is 1070. The Morgan fingerprint density at radius 3 is 2.94 bits per heavy atom. The summed E-state index contributed by atoms with van der Waals surface area (Å²) in [6, 6.07) is 8.62. The molecule has 3 N–H and O–H groups in total. The number of piperidine rings is 1. The molecule has 0 saturated carbocycles. The predicted molar refractivity (Wildman–Crippen MR) is 118 cm³/mol. The number of rotatable bonds is 6. The summed E-state index contributed by atoms with van der Waals surface area (Å²) in [4.78, 5) is 25.2. The van der Waals surface area contributed by atoms with Crippen molar-refractivity contribution in [1.29, 1.82) is 0 Å². The summed E-state index contributed by atoms with van der Waals surface area (Å²) < 4.78 is 13.3. The van der Waals surface area contributed by atoms with Gasteiger partial charge in [0.25, 0.3) is 0 Å². The van der Waals surface area contributed by atoms with Gasteiger partial charge in [-0.1, -0.05) is 17.7 Å². The van der Waals surface area contributed by atoms with Gasteiger partial charge >= 0.3 is 0 Å². The third kappa shape index (κ3) is 5.53. The lowest BCUT2D eigenvalue weighted by atomic mass is 9.99. The third-order valence-electron chi connectivity index (χ3n) is 5.03. The Morgan fingerprint density at radius 2 is 2.13 bits per heavy atom. The van der Waals surface area contributed by atoms with Crippen LogP contribution in [0.25, 0.3) is 11.3 Å². The Labute approximate surface area is 184 Å². The fourth-order valence-corrected chi connectivity index (χ4v) is 3.64. The van der Waals surface area contributed by atoms with E-state index in [1.807, 2.05) is 18.2 Å². The van der Waals surface area contributed by atoms with Gasteiger partial charge < -0.3 is 16.0 Å². The number of halogens is 2. The summed E-state index contributed by atoms with van der Waals surface area (Å²) in [7, 11) is 0. The van der Waals surface area contributed by atoms with Crippen molar-refractivity contribution in [3.63, 3.8) is 0 Å². The maximum absolute atomic E-state index is 13.3. The van der Waals surface area contributed by atoms with E-state index < -0.39 is 0 Å². The van der Waals surface area contributed by atoms with Crippen LogP contribution in [0, 0.1) is 11.7 Å². The van der Waals surface area contributed by atoms with Crippen LogP contribution in [0.4, 0.5) is 16.0 Å². The van der Waals surface area contributed by atoms with Gasteiger partial charge in [0.1, 0.15) is 17.5 Å². The number of pyridine rings is 3. The number of nitrogens with zero attached hydrogens (tertiary/aromatic N) is 3. The zero-order valence-electron chi connectivity index (χ0n) is 16.7. The third-order valence-corrected chi connectivity index (χ3v) is 5.34. The molecule has 1 fully saturated rings. The number of carbonyl (C=O) groups excluding carboxylic acids is 1. The molecule has 31 heavy (non-hydrogen) atoms. The Hall–Kier alpha value is -3.10. The Kier molecular flexibility index (Phi) is 6.69. The predicted octanol–water partition coefficient (Wildman–Crippen LogP) is 3.88. The molecule has 0 unspecified atom stereocenters. The zero-order chi connectivity index (χ0) is 21.6. The first-order valence-electron chi connectivity index (χ1n) is 10.1. The van der Waals surface area contributed by atoms with Crippen LogP contribution in [0.2, 0.25) is 5.02 Å². The first kappa shape index (κ1) is 21.1. The molecule has 1 aliphatic heterocycles. The molecule has 4 heterocycles. The van der Waals surface area contributed by atoms with E-state index in [0.717, 1.165) is 25.6 Å². The van der Waals surface area contributed by atoms with Gasteiger partial charge in [0.05, 0.1) is 22.8 Å². The van der Waals surface area contributed by atoms with Crippen molar-refractivity contribution >= 4 is 29.1 Å². The highest BCUT2D eigenvalue weighted by atomic mass is 35.5. The lowest BCUT2D eigenvalue weighted by molar-refractivity contribution is -0.120. The van der Waals surface area contributed by atoms with E-state index in [9.17, 15) is 9.18 Å². The minimum Gasteiger partial charge on any atom is -0.366 e. The SMILES string of the molecule is O=C(Nc1cc(-c2cccc(NCc3cncc(F)c3)n2)c(Cl)cn1)[C@@H]1CCCNC1. The molecule has 0 radical (unpaired) electrons. The van der Waals surface area contributed by atoms with Crippen molar-refractivity contribution in [3.8, 4) is 11.3 Å². The van der Waals surface area contributed by atoms with Crippen molar-refractivity contribution in [2.75, 3.05) is 23.7 Å². The van der Waals surface area contributed by atoms with Crippen molar-refractivity contribution < 1.29 is 9.18 Å². The van der Waals surface area contributed by atoms with E-state index in [-0.39, 0.29) is 17.6 Å².